The van der Waals surface area contributed by atoms with E-state index in [-0.39, 0.29) is 30.7 Å². The Bertz CT molecular complexity index is 443. The average molecular weight is 423 g/mol. The van der Waals surface area contributed by atoms with Crippen LogP contribution in [0.5, 0.6) is 0 Å². The molecule has 0 aromatic rings. The highest BCUT2D eigenvalue weighted by Gasteiger charge is 2.53. The number of ether oxygens (including phenoxy) is 6. The first-order chi connectivity index (χ1) is 11.8. The second kappa shape index (κ2) is 8.09. The minimum absolute atomic E-state index is 0.0785. The molecule has 0 N–H and O–H groups in total. The van der Waals surface area contributed by atoms with E-state index in [1.807, 2.05) is 27.7 Å². The number of unbranched alkanes of at least 4 members (excludes halogenated alkanes) is 2. The molecule has 0 spiro atoms. The summed E-state index contributed by atoms with van der Waals surface area (Å²) in [6.45, 7) is 8.90. The van der Waals surface area contributed by atoms with Crippen LogP contribution in [0.4, 0.5) is 0 Å². The lowest BCUT2D eigenvalue weighted by Gasteiger charge is -2.39. The maximum atomic E-state index is 6.23. The fourth-order valence-corrected chi connectivity index (χ4v) is 4.06. The zero-order chi connectivity index (χ0) is 18.1. The quantitative estimate of drug-likeness (QED) is 0.463. The van der Waals surface area contributed by atoms with Crippen LogP contribution in [0.3, 0.4) is 0 Å². The van der Waals surface area contributed by atoms with Gasteiger partial charge in [0.05, 0.1) is 12.7 Å². The fourth-order valence-electron chi connectivity index (χ4n) is 3.66. The van der Waals surface area contributed by atoms with E-state index in [1.54, 1.807) is 0 Å². The Morgan fingerprint density at radius 1 is 0.960 bits per heavy atom. The minimum Gasteiger partial charge on any atom is -0.375 e. The average Bonchev–Trinajstić information content (AvgIpc) is 3.03. The number of halogens is 1. The molecule has 0 aromatic heterocycles. The van der Waals surface area contributed by atoms with E-state index in [1.165, 1.54) is 0 Å². The molecule has 3 saturated heterocycles. The molecule has 146 valence electrons. The Morgan fingerprint density at radius 2 is 1.72 bits per heavy atom. The van der Waals surface area contributed by atoms with E-state index in [4.69, 9.17) is 28.4 Å². The molecular weight excluding hydrogens is 392 g/mol. The highest BCUT2D eigenvalue weighted by Crippen LogP contribution is 2.39. The standard InChI is InChI=1S/C18H31BrO6/c1-17(2)21-11-14(24-17)15-12(20-9-7-5-6-8-19)10-13-16(22-15)25-18(3,4)23-13/h12-16H,5-11H2,1-4H3/t12-,13-,14+,15-,16+/m0/s1. The highest BCUT2D eigenvalue weighted by molar-refractivity contribution is 9.09. The van der Waals surface area contributed by atoms with Gasteiger partial charge in [0.1, 0.15) is 18.3 Å². The van der Waals surface area contributed by atoms with Crippen LogP contribution in [0.25, 0.3) is 0 Å². The van der Waals surface area contributed by atoms with Crippen molar-refractivity contribution in [1.29, 1.82) is 0 Å². The molecule has 5 atom stereocenters. The van der Waals surface area contributed by atoms with Gasteiger partial charge in [-0.3, -0.25) is 0 Å². The van der Waals surface area contributed by atoms with Gasteiger partial charge in [-0.15, -0.1) is 0 Å². The summed E-state index contributed by atoms with van der Waals surface area (Å²) in [5.74, 6) is -1.21. The molecule has 0 amide bonds. The van der Waals surface area contributed by atoms with Gasteiger partial charge in [-0.05, 0) is 40.5 Å². The molecule has 0 aliphatic carbocycles. The van der Waals surface area contributed by atoms with Crippen molar-refractivity contribution in [3.8, 4) is 0 Å². The lowest BCUT2D eigenvalue weighted by Crippen LogP contribution is -2.53. The molecule has 6 nitrogen and oxygen atoms in total. The van der Waals surface area contributed by atoms with E-state index in [0.29, 0.717) is 6.61 Å². The minimum atomic E-state index is -0.628. The third-order valence-corrected chi connectivity index (χ3v) is 5.33. The Balaban J connectivity index is 1.61. The van der Waals surface area contributed by atoms with E-state index in [0.717, 1.165) is 37.6 Å². The van der Waals surface area contributed by atoms with Gasteiger partial charge in [0.15, 0.2) is 17.9 Å². The summed E-state index contributed by atoms with van der Waals surface area (Å²) in [5.41, 5.74) is 0. The second-order valence-electron chi connectivity index (χ2n) is 7.90. The number of fused-ring (bicyclic) bond motifs is 1. The zero-order valence-corrected chi connectivity index (χ0v) is 17.2. The van der Waals surface area contributed by atoms with Crippen LogP contribution in [0.2, 0.25) is 0 Å². The lowest BCUT2D eigenvalue weighted by molar-refractivity contribution is -0.259. The summed E-state index contributed by atoms with van der Waals surface area (Å²) in [6, 6.07) is 0. The molecule has 0 radical (unpaired) electrons. The summed E-state index contributed by atoms with van der Waals surface area (Å²) in [4.78, 5) is 0. The molecule has 3 fully saturated rings. The van der Waals surface area contributed by atoms with Crippen LogP contribution < -0.4 is 0 Å². The lowest BCUT2D eigenvalue weighted by atomic mass is 9.98. The van der Waals surface area contributed by atoms with Crippen LogP contribution in [0, 0.1) is 0 Å². The fraction of sp³-hybridized carbons (Fsp3) is 1.00. The normalized spacial score (nSPS) is 39.5. The van der Waals surface area contributed by atoms with Crippen molar-refractivity contribution in [3.05, 3.63) is 0 Å². The molecule has 3 aliphatic heterocycles. The monoisotopic (exact) mass is 422 g/mol. The van der Waals surface area contributed by atoms with Gasteiger partial charge in [0.25, 0.3) is 0 Å². The van der Waals surface area contributed by atoms with E-state index < -0.39 is 11.6 Å². The first kappa shape index (κ1) is 20.0. The van der Waals surface area contributed by atoms with Crippen molar-refractivity contribution in [3.63, 3.8) is 0 Å². The molecule has 0 bridgehead atoms. The van der Waals surface area contributed by atoms with Crippen molar-refractivity contribution >= 4 is 15.9 Å². The Morgan fingerprint density at radius 3 is 2.40 bits per heavy atom. The Kier molecular flexibility index (Phi) is 6.46. The highest BCUT2D eigenvalue weighted by atomic mass is 79.9. The third kappa shape index (κ3) is 5.15. The van der Waals surface area contributed by atoms with E-state index in [2.05, 4.69) is 15.9 Å². The van der Waals surface area contributed by atoms with Crippen molar-refractivity contribution < 1.29 is 28.4 Å². The van der Waals surface area contributed by atoms with Crippen LogP contribution in [-0.2, 0) is 28.4 Å². The van der Waals surface area contributed by atoms with Crippen molar-refractivity contribution in [2.75, 3.05) is 18.5 Å². The molecule has 0 saturated carbocycles. The number of hydrogen-bond donors (Lipinski definition) is 0. The number of rotatable bonds is 7. The zero-order valence-electron chi connectivity index (χ0n) is 15.7. The van der Waals surface area contributed by atoms with Crippen LogP contribution in [-0.4, -0.2) is 60.8 Å². The summed E-state index contributed by atoms with van der Waals surface area (Å²) < 4.78 is 36.1. The van der Waals surface area contributed by atoms with Gasteiger partial charge in [-0.2, -0.15) is 0 Å². The number of hydrogen-bond acceptors (Lipinski definition) is 6. The van der Waals surface area contributed by atoms with E-state index in [9.17, 15) is 0 Å². The third-order valence-electron chi connectivity index (χ3n) is 4.77. The Labute approximate surface area is 158 Å². The van der Waals surface area contributed by atoms with Gasteiger partial charge in [-0.25, -0.2) is 0 Å². The van der Waals surface area contributed by atoms with Gasteiger partial charge in [0, 0.05) is 18.4 Å². The van der Waals surface area contributed by atoms with Crippen molar-refractivity contribution in [2.24, 2.45) is 0 Å². The molecular formula is C18H31BrO6. The second-order valence-corrected chi connectivity index (χ2v) is 8.70. The molecule has 7 heteroatoms. The molecule has 0 aromatic carbocycles. The van der Waals surface area contributed by atoms with Crippen LogP contribution in [0.1, 0.15) is 53.4 Å². The summed E-state index contributed by atoms with van der Waals surface area (Å²) in [5, 5.41) is 1.04. The SMILES string of the molecule is CC1(C)O[C@H]2O[C@H]([C@H]3COC(C)(C)O3)[C@@H](OCCCCCBr)C[C@@H]2O1. The first-order valence-electron chi connectivity index (χ1n) is 9.30. The molecule has 3 aliphatic rings. The van der Waals surface area contributed by atoms with E-state index >= 15 is 0 Å². The summed E-state index contributed by atoms with van der Waals surface area (Å²) in [6.07, 6.45) is 3.18. The summed E-state index contributed by atoms with van der Waals surface area (Å²) >= 11 is 3.46. The molecule has 3 rings (SSSR count). The Hall–Kier alpha value is 0.240. The maximum Gasteiger partial charge on any atom is 0.187 e. The van der Waals surface area contributed by atoms with Crippen LogP contribution >= 0.6 is 15.9 Å². The smallest absolute Gasteiger partial charge is 0.187 e. The van der Waals surface area contributed by atoms with Crippen LogP contribution in [0.15, 0.2) is 0 Å². The molecule has 3 heterocycles. The van der Waals surface area contributed by atoms with Crippen molar-refractivity contribution in [2.45, 2.75) is 95.7 Å². The molecule has 0 unspecified atom stereocenters. The van der Waals surface area contributed by atoms with Gasteiger partial charge in [-0.1, -0.05) is 22.4 Å². The predicted octanol–water partition coefficient (Wildman–Crippen LogP) is 3.35. The summed E-state index contributed by atoms with van der Waals surface area (Å²) in [7, 11) is 0. The van der Waals surface area contributed by atoms with Crippen molar-refractivity contribution in [1.82, 2.24) is 0 Å². The van der Waals surface area contributed by atoms with Gasteiger partial charge < -0.3 is 28.4 Å². The maximum absolute atomic E-state index is 6.23. The van der Waals surface area contributed by atoms with Gasteiger partial charge >= 0.3 is 0 Å². The predicted molar refractivity (Wildman–Crippen MR) is 95.6 cm³/mol. The molecule has 25 heavy (non-hydrogen) atoms. The first-order valence-corrected chi connectivity index (χ1v) is 10.4. The topological polar surface area (TPSA) is 55.4 Å². The largest absolute Gasteiger partial charge is 0.375 e. The number of alkyl halides is 1. The van der Waals surface area contributed by atoms with Gasteiger partial charge in [0.2, 0.25) is 0 Å².